The fourth-order valence-electron chi connectivity index (χ4n) is 4.03. The number of hydrogen-bond acceptors (Lipinski definition) is 6. The molecule has 0 aliphatic carbocycles. The summed E-state index contributed by atoms with van der Waals surface area (Å²) in [5.41, 5.74) is 1.99. The summed E-state index contributed by atoms with van der Waals surface area (Å²) in [5, 5.41) is 20.5. The van der Waals surface area contributed by atoms with Crippen molar-refractivity contribution in [1.82, 2.24) is 0 Å². The molecule has 0 spiro atoms. The Hall–Kier alpha value is -3.04. The lowest BCUT2D eigenvalue weighted by Crippen LogP contribution is -2.25. The molecule has 0 saturated heterocycles. The van der Waals surface area contributed by atoms with Gasteiger partial charge in [0.25, 0.3) is 0 Å². The molecule has 4 rings (SSSR count). The minimum atomic E-state index is -0.754. The number of rotatable bonds is 14. The van der Waals surface area contributed by atoms with Crippen molar-refractivity contribution in [3.05, 3.63) is 117 Å². The van der Waals surface area contributed by atoms with Gasteiger partial charge in [-0.15, -0.1) is 0 Å². The molecule has 8 heteroatoms. The number of halogens is 2. The van der Waals surface area contributed by atoms with Crippen molar-refractivity contribution in [2.75, 3.05) is 26.4 Å². The zero-order valence-corrected chi connectivity index (χ0v) is 26.2. The predicted octanol–water partition coefficient (Wildman–Crippen LogP) is 7.17. The van der Waals surface area contributed by atoms with Gasteiger partial charge < -0.3 is 29.2 Å². The van der Waals surface area contributed by atoms with E-state index in [2.05, 4.69) is 45.7 Å². The first-order valence-electron chi connectivity index (χ1n) is 13.3. The van der Waals surface area contributed by atoms with Crippen LogP contribution in [0.2, 0.25) is 0 Å². The first-order valence-corrected chi connectivity index (χ1v) is 14.9. The second-order valence-corrected chi connectivity index (χ2v) is 12.0. The van der Waals surface area contributed by atoms with E-state index in [9.17, 15) is 10.2 Å². The van der Waals surface area contributed by atoms with Gasteiger partial charge in [0, 0.05) is 14.4 Å². The van der Waals surface area contributed by atoms with Crippen LogP contribution < -0.4 is 18.9 Å². The summed E-state index contributed by atoms with van der Waals surface area (Å²) in [7, 11) is 0. The van der Waals surface area contributed by atoms with Gasteiger partial charge in [0.2, 0.25) is 0 Å². The molecule has 0 heterocycles. The molecular formula is C33H34Br2O6. The Balaban J connectivity index is 1.22. The Morgan fingerprint density at radius 1 is 0.488 bits per heavy atom. The highest BCUT2D eigenvalue weighted by Crippen LogP contribution is 2.33. The molecule has 0 fully saturated rings. The second-order valence-electron chi connectivity index (χ2n) is 10.1. The van der Waals surface area contributed by atoms with Crippen molar-refractivity contribution in [1.29, 1.82) is 0 Å². The van der Waals surface area contributed by atoms with Crippen LogP contribution in [-0.4, -0.2) is 48.8 Å². The number of aliphatic hydroxyl groups excluding tert-OH is 2. The van der Waals surface area contributed by atoms with Crippen LogP contribution in [0.4, 0.5) is 0 Å². The highest BCUT2D eigenvalue weighted by molar-refractivity contribution is 9.10. The Kier molecular flexibility index (Phi) is 11.1. The van der Waals surface area contributed by atoms with Gasteiger partial charge >= 0.3 is 0 Å². The molecule has 0 amide bonds. The van der Waals surface area contributed by atoms with Crippen molar-refractivity contribution in [3.8, 4) is 23.0 Å². The molecule has 0 saturated carbocycles. The van der Waals surface area contributed by atoms with Gasteiger partial charge in [-0.1, -0.05) is 70.0 Å². The van der Waals surface area contributed by atoms with E-state index < -0.39 is 12.2 Å². The van der Waals surface area contributed by atoms with Gasteiger partial charge in [-0.05, 0) is 83.9 Å². The van der Waals surface area contributed by atoms with Crippen molar-refractivity contribution in [3.63, 3.8) is 0 Å². The number of benzene rings is 4. The van der Waals surface area contributed by atoms with Crippen LogP contribution in [-0.2, 0) is 5.41 Å². The minimum Gasteiger partial charge on any atom is -0.491 e. The third-order valence-electron chi connectivity index (χ3n) is 6.55. The molecule has 6 nitrogen and oxygen atoms in total. The van der Waals surface area contributed by atoms with Gasteiger partial charge in [0.1, 0.15) is 61.6 Å². The molecule has 2 N–H and O–H groups in total. The van der Waals surface area contributed by atoms with Crippen LogP contribution in [0.25, 0.3) is 0 Å². The van der Waals surface area contributed by atoms with Crippen LogP contribution in [0.5, 0.6) is 23.0 Å². The molecule has 2 unspecified atom stereocenters. The number of hydrogen-bond donors (Lipinski definition) is 2. The lowest BCUT2D eigenvalue weighted by Gasteiger charge is -2.26. The highest BCUT2D eigenvalue weighted by atomic mass is 79.9. The number of aliphatic hydroxyl groups is 2. The van der Waals surface area contributed by atoms with E-state index in [4.69, 9.17) is 18.9 Å². The minimum absolute atomic E-state index is 0.131. The third-order valence-corrected chi connectivity index (χ3v) is 7.61. The molecular weight excluding hydrogens is 652 g/mol. The summed E-state index contributed by atoms with van der Waals surface area (Å²) in [5.74, 6) is 2.74. The first kappa shape index (κ1) is 30.9. The summed E-state index contributed by atoms with van der Waals surface area (Å²) in [6.45, 7) is 4.87. The largest absolute Gasteiger partial charge is 0.491 e. The van der Waals surface area contributed by atoms with E-state index in [0.717, 1.165) is 20.1 Å². The van der Waals surface area contributed by atoms with E-state index in [1.54, 1.807) is 0 Å². The second kappa shape index (κ2) is 14.7. The van der Waals surface area contributed by atoms with Gasteiger partial charge in [-0.25, -0.2) is 0 Å². The van der Waals surface area contributed by atoms with E-state index >= 15 is 0 Å². The van der Waals surface area contributed by atoms with Gasteiger partial charge in [0.15, 0.2) is 0 Å². The zero-order valence-electron chi connectivity index (χ0n) is 23.0. The summed E-state index contributed by atoms with van der Waals surface area (Å²) >= 11 is 6.78. The molecule has 0 radical (unpaired) electrons. The first-order chi connectivity index (χ1) is 19.7. The molecule has 0 aromatic heterocycles. The smallest absolute Gasteiger partial charge is 0.122 e. The molecule has 0 aliphatic rings. The average Bonchev–Trinajstić information content (AvgIpc) is 2.99. The lowest BCUT2D eigenvalue weighted by molar-refractivity contribution is 0.0626. The standard InChI is InChI=1S/C33H34Br2O6/c1-33(2,23-3-11-29(12-4-23)38-19-27(36)21-40-31-15-7-25(34)8-16-31)24-5-13-30(14-6-24)39-20-28(37)22-41-32-17-9-26(35)10-18-32/h3-18,27-28,36-37H,19-22H2,1-2H3. The quantitative estimate of drug-likeness (QED) is 0.147. The van der Waals surface area contributed by atoms with Crippen molar-refractivity contribution >= 4 is 31.9 Å². The van der Waals surface area contributed by atoms with E-state index in [1.807, 2.05) is 97.1 Å². The molecule has 0 aliphatic heterocycles. The summed E-state index contributed by atoms with van der Waals surface area (Å²) in [6.07, 6.45) is -1.51. The molecule has 216 valence electrons. The molecule has 4 aromatic rings. The number of ether oxygens (including phenoxy) is 4. The lowest BCUT2D eigenvalue weighted by atomic mass is 9.78. The van der Waals surface area contributed by atoms with Crippen molar-refractivity contribution in [2.45, 2.75) is 31.5 Å². The maximum Gasteiger partial charge on any atom is 0.122 e. The third kappa shape index (κ3) is 9.50. The van der Waals surface area contributed by atoms with Crippen molar-refractivity contribution < 1.29 is 29.2 Å². The summed E-state index contributed by atoms with van der Waals surface area (Å²) < 4.78 is 24.7. The van der Waals surface area contributed by atoms with Crippen molar-refractivity contribution in [2.24, 2.45) is 0 Å². The highest BCUT2D eigenvalue weighted by Gasteiger charge is 2.23. The maximum absolute atomic E-state index is 10.2. The molecule has 41 heavy (non-hydrogen) atoms. The van der Waals surface area contributed by atoms with E-state index in [0.29, 0.717) is 23.0 Å². The maximum atomic E-state index is 10.2. The van der Waals surface area contributed by atoms with Gasteiger partial charge in [0.05, 0.1) is 0 Å². The Morgan fingerprint density at radius 2 is 0.732 bits per heavy atom. The van der Waals surface area contributed by atoms with E-state index in [1.165, 1.54) is 0 Å². The van der Waals surface area contributed by atoms with Gasteiger partial charge in [-0.3, -0.25) is 0 Å². The van der Waals surface area contributed by atoms with Crippen LogP contribution in [0.3, 0.4) is 0 Å². The van der Waals surface area contributed by atoms with Crippen LogP contribution >= 0.6 is 31.9 Å². The Labute approximate surface area is 258 Å². The topological polar surface area (TPSA) is 77.4 Å². The SMILES string of the molecule is CC(C)(c1ccc(OCC(O)COc2ccc(Br)cc2)cc1)c1ccc(OCC(O)COc2ccc(Br)cc2)cc1. The average molecular weight is 686 g/mol. The zero-order chi connectivity index (χ0) is 29.2. The fourth-order valence-corrected chi connectivity index (χ4v) is 4.56. The van der Waals surface area contributed by atoms with Crippen LogP contribution in [0, 0.1) is 0 Å². The molecule has 0 bridgehead atoms. The Bertz CT molecular complexity index is 1240. The molecule has 4 aromatic carbocycles. The summed E-state index contributed by atoms with van der Waals surface area (Å²) in [6, 6.07) is 30.7. The van der Waals surface area contributed by atoms with Crippen LogP contribution in [0.1, 0.15) is 25.0 Å². The Morgan fingerprint density at radius 3 is 1.00 bits per heavy atom. The summed E-state index contributed by atoms with van der Waals surface area (Å²) in [4.78, 5) is 0. The van der Waals surface area contributed by atoms with E-state index in [-0.39, 0.29) is 31.8 Å². The fraction of sp³-hybridized carbons (Fsp3) is 0.273. The van der Waals surface area contributed by atoms with Crippen LogP contribution in [0.15, 0.2) is 106 Å². The monoisotopic (exact) mass is 684 g/mol. The normalized spacial score (nSPS) is 12.8. The molecule has 2 atom stereocenters. The predicted molar refractivity (Wildman–Crippen MR) is 167 cm³/mol. The van der Waals surface area contributed by atoms with Gasteiger partial charge in [-0.2, -0.15) is 0 Å².